The fraction of sp³-hybridized carbons (Fsp3) is 0.562. The highest BCUT2D eigenvalue weighted by Crippen LogP contribution is 2.25. The molecule has 1 saturated heterocycles. The summed E-state index contributed by atoms with van der Waals surface area (Å²) in [5.41, 5.74) is 0.683. The van der Waals surface area contributed by atoms with E-state index in [1.807, 2.05) is 23.1 Å². The van der Waals surface area contributed by atoms with Crippen LogP contribution in [-0.4, -0.2) is 48.1 Å². The molecule has 114 valence electrons. The minimum atomic E-state index is -0.0471. The predicted octanol–water partition coefficient (Wildman–Crippen LogP) is 3.43. The first kappa shape index (κ1) is 14.7. The molecule has 2 aliphatic rings. The van der Waals surface area contributed by atoms with Gasteiger partial charge in [-0.2, -0.15) is 0 Å². The van der Waals surface area contributed by atoms with Gasteiger partial charge in [0.25, 0.3) is 0 Å². The third-order valence-electron chi connectivity index (χ3n) is 4.56. The molecule has 0 atom stereocenters. The van der Waals surface area contributed by atoms with Crippen molar-refractivity contribution in [3.63, 3.8) is 0 Å². The summed E-state index contributed by atoms with van der Waals surface area (Å²) in [5.74, 6) is 0. The number of halogens is 1. The number of urea groups is 1. The van der Waals surface area contributed by atoms with Gasteiger partial charge in [-0.05, 0) is 25.0 Å². The van der Waals surface area contributed by atoms with Crippen LogP contribution in [0.3, 0.4) is 0 Å². The van der Waals surface area contributed by atoms with Crippen LogP contribution in [0.4, 0.5) is 10.5 Å². The number of nitrogens with one attached hydrogen (secondary N) is 1. The van der Waals surface area contributed by atoms with Gasteiger partial charge in [-0.1, -0.05) is 36.6 Å². The fourth-order valence-electron chi connectivity index (χ4n) is 3.32. The average molecular weight is 308 g/mol. The van der Waals surface area contributed by atoms with Gasteiger partial charge >= 0.3 is 6.03 Å². The molecule has 0 unspecified atom stereocenters. The van der Waals surface area contributed by atoms with Gasteiger partial charge in [0.05, 0.1) is 10.7 Å². The maximum absolute atomic E-state index is 12.3. The molecule has 1 aliphatic carbocycles. The second kappa shape index (κ2) is 6.67. The number of hydrogen-bond donors (Lipinski definition) is 1. The Kier molecular flexibility index (Phi) is 4.66. The van der Waals surface area contributed by atoms with Gasteiger partial charge in [0.1, 0.15) is 0 Å². The van der Waals surface area contributed by atoms with Gasteiger partial charge in [0.2, 0.25) is 0 Å². The largest absolute Gasteiger partial charge is 0.322 e. The quantitative estimate of drug-likeness (QED) is 0.908. The van der Waals surface area contributed by atoms with Crippen LogP contribution in [-0.2, 0) is 0 Å². The first-order valence-corrected chi connectivity index (χ1v) is 8.16. The van der Waals surface area contributed by atoms with E-state index in [1.54, 1.807) is 6.07 Å². The number of hydrogen-bond acceptors (Lipinski definition) is 2. The Bertz CT molecular complexity index is 494. The van der Waals surface area contributed by atoms with Crippen molar-refractivity contribution in [2.45, 2.75) is 31.7 Å². The second-order valence-electron chi connectivity index (χ2n) is 5.87. The topological polar surface area (TPSA) is 35.6 Å². The highest BCUT2D eigenvalue weighted by molar-refractivity contribution is 6.33. The van der Waals surface area contributed by atoms with Gasteiger partial charge < -0.3 is 10.2 Å². The first-order chi connectivity index (χ1) is 10.2. The number of rotatable bonds is 2. The molecule has 1 aromatic rings. The molecule has 1 saturated carbocycles. The molecule has 3 rings (SSSR count). The smallest absolute Gasteiger partial charge is 0.321 e. The molecule has 21 heavy (non-hydrogen) atoms. The van der Waals surface area contributed by atoms with Crippen molar-refractivity contribution in [2.75, 3.05) is 31.5 Å². The van der Waals surface area contributed by atoms with Crippen LogP contribution >= 0.6 is 11.6 Å². The number of nitrogens with zero attached hydrogens (tertiary/aromatic N) is 2. The van der Waals surface area contributed by atoms with Crippen molar-refractivity contribution in [3.05, 3.63) is 29.3 Å². The van der Waals surface area contributed by atoms with Crippen molar-refractivity contribution >= 4 is 23.3 Å². The lowest BCUT2D eigenvalue weighted by Crippen LogP contribution is -2.52. The van der Waals surface area contributed by atoms with Gasteiger partial charge in [-0.15, -0.1) is 0 Å². The summed E-state index contributed by atoms with van der Waals surface area (Å²) < 4.78 is 0. The van der Waals surface area contributed by atoms with E-state index in [2.05, 4.69) is 10.2 Å². The van der Waals surface area contributed by atoms with E-state index in [1.165, 1.54) is 25.7 Å². The molecule has 0 bridgehead atoms. The molecule has 0 aromatic heterocycles. The molecule has 0 radical (unpaired) electrons. The molecular weight excluding hydrogens is 286 g/mol. The van der Waals surface area contributed by atoms with Crippen LogP contribution in [0.25, 0.3) is 0 Å². The molecule has 1 aliphatic heterocycles. The highest BCUT2D eigenvalue weighted by atomic mass is 35.5. The lowest BCUT2D eigenvalue weighted by molar-refractivity contribution is 0.115. The third-order valence-corrected chi connectivity index (χ3v) is 4.89. The van der Waals surface area contributed by atoms with E-state index in [-0.39, 0.29) is 6.03 Å². The summed E-state index contributed by atoms with van der Waals surface area (Å²) >= 11 is 6.08. The third kappa shape index (κ3) is 3.50. The summed E-state index contributed by atoms with van der Waals surface area (Å²) in [6, 6.07) is 8.05. The molecule has 0 spiro atoms. The van der Waals surface area contributed by atoms with Crippen molar-refractivity contribution in [1.82, 2.24) is 9.80 Å². The normalized spacial score (nSPS) is 20.7. The summed E-state index contributed by atoms with van der Waals surface area (Å²) in [6.07, 6.45) is 5.37. The molecule has 2 amide bonds. The zero-order chi connectivity index (χ0) is 14.7. The Hall–Kier alpha value is -1.26. The van der Waals surface area contributed by atoms with Crippen LogP contribution < -0.4 is 5.32 Å². The number of anilines is 1. The number of para-hydroxylation sites is 1. The van der Waals surface area contributed by atoms with E-state index in [9.17, 15) is 4.79 Å². The molecule has 4 nitrogen and oxygen atoms in total. The van der Waals surface area contributed by atoms with Crippen LogP contribution in [0.15, 0.2) is 24.3 Å². The van der Waals surface area contributed by atoms with Gasteiger partial charge in [-0.25, -0.2) is 4.79 Å². The van der Waals surface area contributed by atoms with Crippen LogP contribution in [0.2, 0.25) is 5.02 Å². The second-order valence-corrected chi connectivity index (χ2v) is 6.28. The Morgan fingerprint density at radius 1 is 1.10 bits per heavy atom. The molecule has 1 N–H and O–H groups in total. The minimum absolute atomic E-state index is 0.0471. The number of carbonyl (C=O) groups is 1. The van der Waals surface area contributed by atoms with Crippen molar-refractivity contribution in [3.8, 4) is 0 Å². The fourth-order valence-corrected chi connectivity index (χ4v) is 3.50. The van der Waals surface area contributed by atoms with Gasteiger partial charge in [0.15, 0.2) is 0 Å². The number of carbonyl (C=O) groups excluding carboxylic acids is 1. The summed E-state index contributed by atoms with van der Waals surface area (Å²) in [5, 5.41) is 3.48. The Labute approximate surface area is 131 Å². The van der Waals surface area contributed by atoms with E-state index >= 15 is 0 Å². The number of piperazine rings is 1. The number of amides is 2. The standard InChI is InChI=1S/C16H22ClN3O/c17-14-7-3-4-8-15(14)18-16(21)20-11-9-19(10-12-20)13-5-1-2-6-13/h3-4,7-8,13H,1-2,5-6,9-12H2,(H,18,21). The summed E-state index contributed by atoms with van der Waals surface area (Å²) in [6.45, 7) is 3.57. The van der Waals surface area contributed by atoms with E-state index in [4.69, 9.17) is 11.6 Å². The first-order valence-electron chi connectivity index (χ1n) is 7.78. The lowest BCUT2D eigenvalue weighted by atomic mass is 10.2. The van der Waals surface area contributed by atoms with E-state index < -0.39 is 0 Å². The van der Waals surface area contributed by atoms with Crippen LogP contribution in [0.1, 0.15) is 25.7 Å². The van der Waals surface area contributed by atoms with Crippen LogP contribution in [0, 0.1) is 0 Å². The predicted molar refractivity (Wildman–Crippen MR) is 85.9 cm³/mol. The van der Waals surface area contributed by atoms with Crippen molar-refractivity contribution < 1.29 is 4.79 Å². The molecule has 2 fully saturated rings. The Morgan fingerprint density at radius 3 is 2.43 bits per heavy atom. The highest BCUT2D eigenvalue weighted by Gasteiger charge is 2.27. The van der Waals surface area contributed by atoms with Crippen molar-refractivity contribution in [1.29, 1.82) is 0 Å². The molecular formula is C16H22ClN3O. The van der Waals surface area contributed by atoms with Gasteiger partial charge in [0, 0.05) is 32.2 Å². The minimum Gasteiger partial charge on any atom is -0.322 e. The monoisotopic (exact) mass is 307 g/mol. The van der Waals surface area contributed by atoms with Crippen LogP contribution in [0.5, 0.6) is 0 Å². The number of benzene rings is 1. The van der Waals surface area contributed by atoms with E-state index in [0.717, 1.165) is 32.2 Å². The lowest BCUT2D eigenvalue weighted by Gasteiger charge is -2.38. The maximum Gasteiger partial charge on any atom is 0.321 e. The van der Waals surface area contributed by atoms with Crippen molar-refractivity contribution in [2.24, 2.45) is 0 Å². The molecule has 5 heteroatoms. The zero-order valence-corrected chi connectivity index (χ0v) is 13.0. The SMILES string of the molecule is O=C(Nc1ccccc1Cl)N1CCN(C2CCCC2)CC1. The summed E-state index contributed by atoms with van der Waals surface area (Å²) in [4.78, 5) is 16.7. The summed E-state index contributed by atoms with van der Waals surface area (Å²) in [7, 11) is 0. The van der Waals surface area contributed by atoms with Gasteiger partial charge in [-0.3, -0.25) is 4.90 Å². The maximum atomic E-state index is 12.3. The average Bonchev–Trinajstić information content (AvgIpc) is 3.04. The Balaban J connectivity index is 1.52. The zero-order valence-electron chi connectivity index (χ0n) is 12.2. The Morgan fingerprint density at radius 2 is 1.76 bits per heavy atom. The van der Waals surface area contributed by atoms with E-state index in [0.29, 0.717) is 10.7 Å². The molecule has 1 aromatic carbocycles. The molecule has 1 heterocycles.